The number of halogens is 2. The Morgan fingerprint density at radius 2 is 1.94 bits per heavy atom. The van der Waals surface area contributed by atoms with Gasteiger partial charge in [0.15, 0.2) is 0 Å². The fraction of sp³-hybridized carbons (Fsp3) is 0.571. The molecule has 2 rings (SSSR count). The summed E-state index contributed by atoms with van der Waals surface area (Å²) in [5.41, 5.74) is 7.00. The van der Waals surface area contributed by atoms with E-state index in [-0.39, 0.29) is 11.2 Å². The molecule has 0 bridgehead atoms. The van der Waals surface area contributed by atoms with Crippen LogP contribution in [0.5, 0.6) is 0 Å². The molecule has 17 heavy (non-hydrogen) atoms. The van der Waals surface area contributed by atoms with Crippen molar-refractivity contribution in [2.24, 2.45) is 5.73 Å². The maximum atomic E-state index is 14.3. The fourth-order valence-corrected chi connectivity index (χ4v) is 3.27. The van der Waals surface area contributed by atoms with Gasteiger partial charge < -0.3 is 5.73 Å². The molecule has 1 aromatic carbocycles. The van der Waals surface area contributed by atoms with Gasteiger partial charge in [-0.25, -0.2) is 4.39 Å². The first-order chi connectivity index (χ1) is 8.10. The molecule has 0 aliphatic heterocycles. The Kier molecular flexibility index (Phi) is 3.74. The molecule has 2 N–H and O–H groups in total. The lowest BCUT2D eigenvalue weighted by atomic mass is 9.69. The van der Waals surface area contributed by atoms with Crippen LogP contribution in [-0.4, -0.2) is 6.54 Å². The number of rotatable bonds is 2. The summed E-state index contributed by atoms with van der Waals surface area (Å²) < 4.78 is 14.3. The lowest BCUT2D eigenvalue weighted by Gasteiger charge is -2.37. The van der Waals surface area contributed by atoms with Crippen molar-refractivity contribution in [3.05, 3.63) is 34.1 Å². The molecule has 0 aromatic heterocycles. The highest BCUT2D eigenvalue weighted by molar-refractivity contribution is 6.31. The Balaban J connectivity index is 2.53. The Bertz CT molecular complexity index is 411. The van der Waals surface area contributed by atoms with Crippen LogP contribution in [0.15, 0.2) is 12.1 Å². The van der Waals surface area contributed by atoms with E-state index in [2.05, 4.69) is 0 Å². The minimum Gasteiger partial charge on any atom is -0.330 e. The second-order valence-corrected chi connectivity index (χ2v) is 5.51. The molecule has 0 radical (unpaired) electrons. The van der Waals surface area contributed by atoms with Crippen LogP contribution >= 0.6 is 11.6 Å². The minimum absolute atomic E-state index is 0.162. The van der Waals surface area contributed by atoms with Crippen LogP contribution in [0.25, 0.3) is 0 Å². The summed E-state index contributed by atoms with van der Waals surface area (Å²) in [5.74, 6) is -0.162. The van der Waals surface area contributed by atoms with Crippen molar-refractivity contribution in [2.75, 3.05) is 6.54 Å². The highest BCUT2D eigenvalue weighted by atomic mass is 35.5. The Hall–Kier alpha value is -0.600. The summed E-state index contributed by atoms with van der Waals surface area (Å²) in [6.07, 6.45) is 5.34. The number of hydrogen-bond donors (Lipinski definition) is 1. The second kappa shape index (κ2) is 4.95. The summed E-state index contributed by atoms with van der Waals surface area (Å²) in [7, 11) is 0. The first kappa shape index (κ1) is 12.8. The maximum Gasteiger partial charge on any atom is 0.131 e. The highest BCUT2D eigenvalue weighted by Gasteiger charge is 2.36. The number of aryl methyl sites for hydroxylation is 1. The van der Waals surface area contributed by atoms with E-state index in [0.717, 1.165) is 25.7 Å². The van der Waals surface area contributed by atoms with Crippen LogP contribution in [0.3, 0.4) is 0 Å². The molecule has 3 heteroatoms. The molecule has 1 fully saturated rings. The maximum absolute atomic E-state index is 14.3. The van der Waals surface area contributed by atoms with E-state index >= 15 is 0 Å². The van der Waals surface area contributed by atoms with Crippen LogP contribution in [0.4, 0.5) is 4.39 Å². The van der Waals surface area contributed by atoms with Gasteiger partial charge in [0, 0.05) is 22.5 Å². The first-order valence-electron chi connectivity index (χ1n) is 6.26. The van der Waals surface area contributed by atoms with Crippen molar-refractivity contribution in [1.29, 1.82) is 0 Å². The molecular weight excluding hydrogens is 237 g/mol. The van der Waals surface area contributed by atoms with Crippen molar-refractivity contribution in [3.63, 3.8) is 0 Å². The minimum atomic E-state index is -0.245. The highest BCUT2D eigenvalue weighted by Crippen LogP contribution is 2.43. The van der Waals surface area contributed by atoms with E-state index in [1.807, 2.05) is 0 Å². The molecule has 94 valence electrons. The van der Waals surface area contributed by atoms with Gasteiger partial charge in [0.1, 0.15) is 5.82 Å². The average Bonchev–Trinajstić information content (AvgIpc) is 2.35. The molecular formula is C14H19ClFN. The third-order valence-corrected chi connectivity index (χ3v) is 4.33. The normalized spacial score (nSPS) is 19.3. The first-order valence-corrected chi connectivity index (χ1v) is 6.64. The van der Waals surface area contributed by atoms with Crippen LogP contribution in [0, 0.1) is 12.7 Å². The van der Waals surface area contributed by atoms with Gasteiger partial charge >= 0.3 is 0 Å². The van der Waals surface area contributed by atoms with Crippen molar-refractivity contribution < 1.29 is 4.39 Å². The van der Waals surface area contributed by atoms with E-state index in [0.29, 0.717) is 22.7 Å². The molecule has 1 nitrogen and oxygen atoms in total. The van der Waals surface area contributed by atoms with Crippen molar-refractivity contribution >= 4 is 11.6 Å². The second-order valence-electron chi connectivity index (χ2n) is 5.10. The van der Waals surface area contributed by atoms with Crippen LogP contribution in [-0.2, 0) is 5.41 Å². The molecule has 1 aromatic rings. The van der Waals surface area contributed by atoms with E-state index in [1.165, 1.54) is 6.42 Å². The van der Waals surface area contributed by atoms with Crippen molar-refractivity contribution in [3.8, 4) is 0 Å². The third-order valence-electron chi connectivity index (χ3n) is 4.02. The van der Waals surface area contributed by atoms with Crippen molar-refractivity contribution in [1.82, 2.24) is 0 Å². The summed E-state index contributed by atoms with van der Waals surface area (Å²) in [6.45, 7) is 2.26. The molecule has 0 spiro atoms. The topological polar surface area (TPSA) is 26.0 Å². The predicted molar refractivity (Wildman–Crippen MR) is 70.0 cm³/mol. The van der Waals surface area contributed by atoms with Gasteiger partial charge in [-0.05, 0) is 31.4 Å². The van der Waals surface area contributed by atoms with Gasteiger partial charge in [0.05, 0.1) is 0 Å². The number of hydrogen-bond acceptors (Lipinski definition) is 1. The molecule has 1 aliphatic carbocycles. The Morgan fingerprint density at radius 3 is 2.53 bits per heavy atom. The molecule has 1 aliphatic rings. The molecule has 0 atom stereocenters. The van der Waals surface area contributed by atoms with E-state index in [1.54, 1.807) is 19.1 Å². The van der Waals surface area contributed by atoms with Crippen LogP contribution in [0.1, 0.15) is 43.2 Å². The standard InChI is InChI=1S/C14H19ClFN/c1-10-5-6-11(15)12(13(10)16)14(9-17)7-3-2-4-8-14/h5-6H,2-4,7-9,17H2,1H3. The monoisotopic (exact) mass is 255 g/mol. The van der Waals surface area contributed by atoms with Gasteiger partial charge in [0.2, 0.25) is 0 Å². The SMILES string of the molecule is Cc1ccc(Cl)c(C2(CN)CCCCC2)c1F. The molecule has 0 unspecified atom stereocenters. The smallest absolute Gasteiger partial charge is 0.131 e. The summed E-state index contributed by atoms with van der Waals surface area (Å²) in [5, 5.41) is 0.528. The average molecular weight is 256 g/mol. The van der Waals surface area contributed by atoms with Gasteiger partial charge in [-0.2, -0.15) is 0 Å². The molecule has 0 saturated heterocycles. The molecule has 0 heterocycles. The third kappa shape index (κ3) is 2.21. The number of benzene rings is 1. The van der Waals surface area contributed by atoms with Crippen LogP contribution in [0.2, 0.25) is 5.02 Å². The fourth-order valence-electron chi connectivity index (χ4n) is 2.93. The number of nitrogens with two attached hydrogens (primary N) is 1. The molecule has 1 saturated carbocycles. The zero-order chi connectivity index (χ0) is 12.5. The Labute approximate surface area is 107 Å². The zero-order valence-corrected chi connectivity index (χ0v) is 11.0. The van der Waals surface area contributed by atoms with Crippen molar-refractivity contribution in [2.45, 2.75) is 44.4 Å². The largest absolute Gasteiger partial charge is 0.330 e. The predicted octanol–water partition coefficient (Wildman–Crippen LogP) is 3.95. The molecule has 0 amide bonds. The summed E-state index contributed by atoms with van der Waals surface area (Å²) >= 11 is 6.21. The lowest BCUT2D eigenvalue weighted by molar-refractivity contribution is 0.291. The van der Waals surface area contributed by atoms with E-state index < -0.39 is 0 Å². The van der Waals surface area contributed by atoms with Gasteiger partial charge in [-0.3, -0.25) is 0 Å². The summed E-state index contributed by atoms with van der Waals surface area (Å²) in [6, 6.07) is 3.52. The van der Waals surface area contributed by atoms with E-state index in [9.17, 15) is 4.39 Å². The zero-order valence-electron chi connectivity index (χ0n) is 10.2. The van der Waals surface area contributed by atoms with Gasteiger partial charge in [0.25, 0.3) is 0 Å². The van der Waals surface area contributed by atoms with Gasteiger partial charge in [-0.15, -0.1) is 0 Å². The lowest BCUT2D eigenvalue weighted by Crippen LogP contribution is -2.38. The van der Waals surface area contributed by atoms with Gasteiger partial charge in [-0.1, -0.05) is 36.9 Å². The summed E-state index contributed by atoms with van der Waals surface area (Å²) in [4.78, 5) is 0. The Morgan fingerprint density at radius 1 is 1.29 bits per heavy atom. The van der Waals surface area contributed by atoms with Crippen LogP contribution < -0.4 is 5.73 Å². The van der Waals surface area contributed by atoms with E-state index in [4.69, 9.17) is 17.3 Å². The quantitative estimate of drug-likeness (QED) is 0.851.